The number of hydrogen-bond acceptors (Lipinski definition) is 0. The molecule has 0 fully saturated rings. The van der Waals surface area contributed by atoms with Crippen molar-refractivity contribution in [1.82, 2.24) is 0 Å². The van der Waals surface area contributed by atoms with Crippen LogP contribution in [0.15, 0.2) is 60.7 Å². The van der Waals surface area contributed by atoms with Crippen molar-refractivity contribution in [3.63, 3.8) is 0 Å². The minimum atomic E-state index is 0. The van der Waals surface area contributed by atoms with E-state index in [1.54, 1.807) is 0 Å². The Morgan fingerprint density at radius 2 is 0.682 bits per heavy atom. The van der Waals surface area contributed by atoms with Gasteiger partial charge in [0, 0.05) is 0 Å². The molecule has 0 N–H and O–H groups in total. The normalized spacial score (nSPS) is 6.91. The van der Waals surface area contributed by atoms with Gasteiger partial charge < -0.3 is 0 Å². The first-order valence-electron chi connectivity index (χ1n) is 8.53. The Balaban J connectivity index is -0.000000158. The Morgan fingerprint density at radius 1 is 0.455 bits per heavy atom. The van der Waals surface area contributed by atoms with Crippen LogP contribution in [0.4, 0.5) is 0 Å². The van der Waals surface area contributed by atoms with E-state index in [1.807, 2.05) is 55.4 Å². The molecule has 0 atom stereocenters. The zero-order chi connectivity index (χ0) is 16.9. The van der Waals surface area contributed by atoms with Crippen molar-refractivity contribution in [2.45, 2.75) is 69.2 Å². The maximum absolute atomic E-state index is 2.16. The third-order valence-electron chi connectivity index (χ3n) is 2.09. The van der Waals surface area contributed by atoms with Gasteiger partial charge in [-0.05, 0) is 17.5 Å². The first-order valence-corrected chi connectivity index (χ1v) is 8.53. The van der Waals surface area contributed by atoms with Crippen LogP contribution in [0, 0.1) is 0 Å². The van der Waals surface area contributed by atoms with Gasteiger partial charge in [-0.1, -0.05) is 123 Å². The van der Waals surface area contributed by atoms with Gasteiger partial charge in [-0.3, -0.25) is 0 Å². The molecule has 0 spiro atoms. The summed E-state index contributed by atoms with van der Waals surface area (Å²) in [7, 11) is 0. The first kappa shape index (κ1) is 28.6. The summed E-state index contributed by atoms with van der Waals surface area (Å²) in [6.45, 7) is 16.0. The summed E-state index contributed by atoms with van der Waals surface area (Å²) >= 11 is 0. The Morgan fingerprint density at radius 3 is 0.909 bits per heavy atom. The highest BCUT2D eigenvalue weighted by Crippen LogP contribution is 2.07. The van der Waals surface area contributed by atoms with E-state index in [-0.39, 0.29) is 7.43 Å². The van der Waals surface area contributed by atoms with Gasteiger partial charge >= 0.3 is 0 Å². The van der Waals surface area contributed by atoms with Gasteiger partial charge in [0.2, 0.25) is 0 Å². The lowest BCUT2D eigenvalue weighted by Gasteiger charge is -2.00. The fourth-order valence-electron chi connectivity index (χ4n) is 1.43. The van der Waals surface area contributed by atoms with Crippen molar-refractivity contribution >= 4 is 0 Å². The number of hydrogen-bond donors (Lipinski definition) is 0. The third kappa shape index (κ3) is 16.5. The van der Waals surface area contributed by atoms with Crippen LogP contribution in [0.1, 0.15) is 73.9 Å². The second kappa shape index (κ2) is 27.7. The standard InChI is InChI=1S/C13H12.4C2H6.CH4/c1-3-7-12(8-4-1)11-13-9-5-2-6-10-13;4*1-2;/h1-10H,11H2;4*1-2H3;1H4. The van der Waals surface area contributed by atoms with Gasteiger partial charge in [0.1, 0.15) is 0 Å². The van der Waals surface area contributed by atoms with Gasteiger partial charge in [-0.25, -0.2) is 0 Å². The van der Waals surface area contributed by atoms with Crippen molar-refractivity contribution in [3.05, 3.63) is 71.8 Å². The van der Waals surface area contributed by atoms with Crippen molar-refractivity contribution in [2.75, 3.05) is 0 Å². The highest BCUT2D eigenvalue weighted by atomic mass is 14.0. The van der Waals surface area contributed by atoms with Crippen LogP contribution in [-0.4, -0.2) is 0 Å². The molecule has 0 bridgehead atoms. The van der Waals surface area contributed by atoms with Crippen LogP contribution >= 0.6 is 0 Å². The predicted octanol–water partition coefficient (Wildman–Crippen LogP) is 8.02. The maximum atomic E-state index is 2.16. The molecule has 0 unspecified atom stereocenters. The topological polar surface area (TPSA) is 0 Å². The fourth-order valence-corrected chi connectivity index (χ4v) is 1.43. The second-order valence-electron chi connectivity index (χ2n) is 3.15. The lowest BCUT2D eigenvalue weighted by molar-refractivity contribution is 1.19. The Kier molecular flexibility index (Phi) is 36.0. The zero-order valence-corrected chi connectivity index (χ0v) is 15.5. The molecule has 2 aromatic rings. The smallest absolute Gasteiger partial charge is 0.00258 e. The number of rotatable bonds is 2. The largest absolute Gasteiger partial charge is 0.0776 e. The average Bonchev–Trinajstić information content (AvgIpc) is 2.64. The van der Waals surface area contributed by atoms with Gasteiger partial charge in [0.25, 0.3) is 0 Å². The minimum absolute atomic E-state index is 0. The van der Waals surface area contributed by atoms with Gasteiger partial charge in [0.05, 0.1) is 0 Å². The highest BCUT2D eigenvalue weighted by molar-refractivity contribution is 5.25. The third-order valence-corrected chi connectivity index (χ3v) is 2.09. The second-order valence-corrected chi connectivity index (χ2v) is 3.15. The molecular weight excluding hydrogens is 264 g/mol. The van der Waals surface area contributed by atoms with Crippen LogP contribution < -0.4 is 0 Å². The molecule has 2 rings (SSSR count). The summed E-state index contributed by atoms with van der Waals surface area (Å²) in [4.78, 5) is 0. The lowest BCUT2D eigenvalue weighted by atomic mass is 10.1. The summed E-state index contributed by atoms with van der Waals surface area (Å²) in [6.07, 6.45) is 1.03. The molecule has 0 aliphatic rings. The monoisotopic (exact) mass is 304 g/mol. The molecule has 0 aromatic heterocycles. The summed E-state index contributed by atoms with van der Waals surface area (Å²) in [6, 6.07) is 21.1. The number of benzene rings is 2. The van der Waals surface area contributed by atoms with E-state index in [4.69, 9.17) is 0 Å². The van der Waals surface area contributed by atoms with Crippen molar-refractivity contribution in [1.29, 1.82) is 0 Å². The molecule has 0 aliphatic heterocycles. The summed E-state index contributed by atoms with van der Waals surface area (Å²) in [5, 5.41) is 0. The van der Waals surface area contributed by atoms with E-state index in [0.29, 0.717) is 0 Å². The van der Waals surface area contributed by atoms with Crippen LogP contribution in [0.2, 0.25) is 0 Å². The van der Waals surface area contributed by atoms with E-state index in [2.05, 4.69) is 60.7 Å². The molecule has 0 saturated carbocycles. The molecule has 0 amide bonds. The van der Waals surface area contributed by atoms with Gasteiger partial charge in [-0.15, -0.1) is 0 Å². The molecule has 0 heteroatoms. The molecule has 0 aliphatic carbocycles. The first-order chi connectivity index (χ1) is 10.4. The van der Waals surface area contributed by atoms with Crippen molar-refractivity contribution < 1.29 is 0 Å². The van der Waals surface area contributed by atoms with E-state index in [9.17, 15) is 0 Å². The molecule has 0 radical (unpaired) electrons. The predicted molar refractivity (Wildman–Crippen MR) is 108 cm³/mol. The molecular formula is C22H40. The molecule has 128 valence electrons. The van der Waals surface area contributed by atoms with E-state index in [1.165, 1.54) is 11.1 Å². The molecule has 0 nitrogen and oxygen atoms in total. The molecule has 0 heterocycles. The molecule has 22 heavy (non-hydrogen) atoms. The van der Waals surface area contributed by atoms with E-state index in [0.717, 1.165) is 6.42 Å². The minimum Gasteiger partial charge on any atom is -0.0776 e. The van der Waals surface area contributed by atoms with Crippen LogP contribution in [0.5, 0.6) is 0 Å². The average molecular weight is 305 g/mol. The molecule has 2 aromatic carbocycles. The van der Waals surface area contributed by atoms with Crippen molar-refractivity contribution in [3.8, 4) is 0 Å². The summed E-state index contributed by atoms with van der Waals surface area (Å²) in [5.74, 6) is 0. The van der Waals surface area contributed by atoms with Crippen LogP contribution in [0.3, 0.4) is 0 Å². The Labute approximate surface area is 141 Å². The maximum Gasteiger partial charge on any atom is -0.00258 e. The van der Waals surface area contributed by atoms with Crippen LogP contribution in [0.25, 0.3) is 0 Å². The van der Waals surface area contributed by atoms with Gasteiger partial charge in [-0.2, -0.15) is 0 Å². The van der Waals surface area contributed by atoms with E-state index >= 15 is 0 Å². The Hall–Kier alpha value is -1.56. The highest BCUT2D eigenvalue weighted by Gasteiger charge is 1.92. The SMILES string of the molecule is C.CC.CC.CC.CC.c1ccc(Cc2ccccc2)cc1. The molecule has 0 saturated heterocycles. The zero-order valence-electron chi connectivity index (χ0n) is 15.5. The van der Waals surface area contributed by atoms with Crippen molar-refractivity contribution in [2.24, 2.45) is 0 Å². The summed E-state index contributed by atoms with van der Waals surface area (Å²) < 4.78 is 0. The lowest BCUT2D eigenvalue weighted by Crippen LogP contribution is -1.85. The van der Waals surface area contributed by atoms with Crippen LogP contribution in [-0.2, 0) is 6.42 Å². The summed E-state index contributed by atoms with van der Waals surface area (Å²) in [5.41, 5.74) is 2.74. The quantitative estimate of drug-likeness (QED) is 0.527. The Bertz CT molecular complexity index is 311. The van der Waals surface area contributed by atoms with Gasteiger partial charge in [0.15, 0.2) is 0 Å². The van der Waals surface area contributed by atoms with E-state index < -0.39 is 0 Å². The fraction of sp³-hybridized carbons (Fsp3) is 0.455.